The van der Waals surface area contributed by atoms with Crippen molar-refractivity contribution in [3.8, 4) is 0 Å². The van der Waals surface area contributed by atoms with Gasteiger partial charge in [-0.3, -0.25) is 9.78 Å². The summed E-state index contributed by atoms with van der Waals surface area (Å²) in [6.07, 6.45) is 3.80. The van der Waals surface area contributed by atoms with Gasteiger partial charge in [-0.05, 0) is 48.4 Å². The minimum atomic E-state index is -3.74. The zero-order valence-electron chi connectivity index (χ0n) is 15.4. The lowest BCUT2D eigenvalue weighted by atomic mass is 10.2. The fraction of sp³-hybridized carbons (Fsp3) is 0.333. The van der Waals surface area contributed by atoms with E-state index in [0.29, 0.717) is 19.5 Å². The lowest BCUT2D eigenvalue weighted by Gasteiger charge is -2.21. The van der Waals surface area contributed by atoms with Gasteiger partial charge in [0.1, 0.15) is 0 Å². The highest BCUT2D eigenvalue weighted by Gasteiger charge is 2.36. The molecule has 0 bridgehead atoms. The van der Waals surface area contributed by atoms with Gasteiger partial charge in [-0.25, -0.2) is 21.1 Å². The lowest BCUT2D eigenvalue weighted by molar-refractivity contribution is -0.116. The summed E-state index contributed by atoms with van der Waals surface area (Å²) in [6, 6.07) is 9.04. The van der Waals surface area contributed by atoms with E-state index in [1.165, 1.54) is 28.6 Å². The number of pyridine rings is 1. The van der Waals surface area contributed by atoms with E-state index in [-0.39, 0.29) is 22.8 Å². The molecule has 8 nitrogen and oxygen atoms in total. The number of anilines is 1. The molecule has 1 fully saturated rings. The quantitative estimate of drug-likeness (QED) is 0.667. The van der Waals surface area contributed by atoms with Gasteiger partial charge in [0, 0.05) is 31.9 Å². The maximum Gasteiger partial charge on any atom is 0.243 e. The number of rotatable bonds is 7. The predicted molar refractivity (Wildman–Crippen MR) is 105 cm³/mol. The Kier molecular flexibility index (Phi) is 5.82. The van der Waals surface area contributed by atoms with Crippen molar-refractivity contribution >= 4 is 31.6 Å². The van der Waals surface area contributed by atoms with Gasteiger partial charge in [0.05, 0.1) is 16.3 Å². The van der Waals surface area contributed by atoms with E-state index >= 15 is 0 Å². The summed E-state index contributed by atoms with van der Waals surface area (Å²) in [5.74, 6) is -0.743. The van der Waals surface area contributed by atoms with Crippen LogP contribution in [-0.2, 0) is 31.3 Å². The highest BCUT2D eigenvalue weighted by molar-refractivity contribution is 7.94. The highest BCUT2D eigenvalue weighted by atomic mass is 32.2. The average Bonchev–Trinajstić information content (AvgIpc) is 2.95. The molecular formula is C18H21N3O5S2. The lowest BCUT2D eigenvalue weighted by Crippen LogP contribution is -2.33. The number of carbonyl (C=O) groups is 1. The molecule has 0 aliphatic carbocycles. The standard InChI is InChI=1S/C18H21N3O5S2/c1-2-20(13-9-15-7-11-19-12-8-15)28(25,26)17-5-3-16(4-6-17)21-18(22)10-14-27(21,23)24/h3-8,11-12H,2,9-10,13-14H2,1H3. The summed E-state index contributed by atoms with van der Waals surface area (Å²) in [4.78, 5) is 15.9. The minimum Gasteiger partial charge on any atom is -0.273 e. The summed E-state index contributed by atoms with van der Waals surface area (Å²) in [6.45, 7) is 2.37. The van der Waals surface area contributed by atoms with Crippen molar-refractivity contribution in [2.75, 3.05) is 23.1 Å². The number of carbonyl (C=O) groups excluding carboxylic acids is 1. The number of amides is 1. The number of aromatic nitrogens is 1. The third-order valence-electron chi connectivity index (χ3n) is 4.54. The van der Waals surface area contributed by atoms with Gasteiger partial charge in [0.25, 0.3) is 0 Å². The second-order valence-electron chi connectivity index (χ2n) is 6.32. The van der Waals surface area contributed by atoms with Crippen molar-refractivity contribution in [3.63, 3.8) is 0 Å². The maximum atomic E-state index is 12.9. The number of hydrogen-bond acceptors (Lipinski definition) is 6. The molecule has 2 aromatic rings. The molecular weight excluding hydrogens is 402 g/mol. The van der Waals surface area contributed by atoms with Crippen LogP contribution in [0.3, 0.4) is 0 Å². The Morgan fingerprint density at radius 2 is 1.75 bits per heavy atom. The first-order chi connectivity index (χ1) is 13.3. The Hall–Kier alpha value is -2.30. The average molecular weight is 424 g/mol. The number of sulfonamides is 2. The molecule has 3 rings (SSSR count). The molecule has 1 aliphatic rings. The predicted octanol–water partition coefficient (Wildman–Crippen LogP) is 1.40. The number of nitrogens with zero attached hydrogens (tertiary/aromatic N) is 3. The molecule has 1 aromatic carbocycles. The molecule has 1 amide bonds. The Labute approximate surface area is 164 Å². The molecule has 1 saturated heterocycles. The molecule has 150 valence electrons. The summed E-state index contributed by atoms with van der Waals surface area (Å²) in [7, 11) is -7.42. The Balaban J connectivity index is 1.80. The topological polar surface area (TPSA) is 105 Å². The first-order valence-electron chi connectivity index (χ1n) is 8.80. The normalized spacial score (nSPS) is 16.6. The monoisotopic (exact) mass is 423 g/mol. The van der Waals surface area contributed by atoms with Crippen molar-refractivity contribution < 1.29 is 21.6 Å². The highest BCUT2D eigenvalue weighted by Crippen LogP contribution is 2.27. The largest absolute Gasteiger partial charge is 0.273 e. The van der Waals surface area contributed by atoms with Crippen molar-refractivity contribution in [1.29, 1.82) is 0 Å². The van der Waals surface area contributed by atoms with Gasteiger partial charge in [0.2, 0.25) is 26.0 Å². The first-order valence-corrected chi connectivity index (χ1v) is 11.9. The van der Waals surface area contributed by atoms with Crippen molar-refractivity contribution in [3.05, 3.63) is 54.4 Å². The molecule has 0 saturated carbocycles. The molecule has 0 radical (unpaired) electrons. The third-order valence-corrected chi connectivity index (χ3v) is 8.22. The maximum absolute atomic E-state index is 12.9. The van der Waals surface area contributed by atoms with Crippen LogP contribution < -0.4 is 4.31 Å². The van der Waals surface area contributed by atoms with Crippen LogP contribution in [0.15, 0.2) is 53.7 Å². The van der Waals surface area contributed by atoms with Gasteiger partial charge in [0.15, 0.2) is 0 Å². The smallest absolute Gasteiger partial charge is 0.243 e. The minimum absolute atomic E-state index is 0.0527. The van der Waals surface area contributed by atoms with Crippen LogP contribution in [0.4, 0.5) is 5.69 Å². The summed E-state index contributed by atoms with van der Waals surface area (Å²) >= 11 is 0. The Bertz CT molecular complexity index is 1050. The molecule has 0 N–H and O–H groups in total. The third kappa shape index (κ3) is 4.08. The second kappa shape index (κ2) is 7.98. The van der Waals surface area contributed by atoms with Crippen LogP contribution in [0, 0.1) is 0 Å². The van der Waals surface area contributed by atoms with Gasteiger partial charge in [-0.15, -0.1) is 0 Å². The zero-order chi connectivity index (χ0) is 20.4. The summed E-state index contributed by atoms with van der Waals surface area (Å²) in [5.41, 5.74) is 1.14. The van der Waals surface area contributed by atoms with Crippen molar-refractivity contribution in [2.24, 2.45) is 0 Å². The van der Waals surface area contributed by atoms with Gasteiger partial charge >= 0.3 is 0 Å². The van der Waals surface area contributed by atoms with Gasteiger partial charge < -0.3 is 0 Å². The van der Waals surface area contributed by atoms with E-state index in [1.54, 1.807) is 19.3 Å². The van der Waals surface area contributed by atoms with E-state index in [4.69, 9.17) is 0 Å². The van der Waals surface area contributed by atoms with Crippen LogP contribution in [-0.4, -0.2) is 50.9 Å². The molecule has 28 heavy (non-hydrogen) atoms. The van der Waals surface area contributed by atoms with E-state index in [1.807, 2.05) is 12.1 Å². The molecule has 1 aromatic heterocycles. The number of likely N-dealkylation sites (N-methyl/N-ethyl adjacent to an activating group) is 1. The van der Waals surface area contributed by atoms with E-state index < -0.39 is 26.0 Å². The van der Waals surface area contributed by atoms with E-state index in [9.17, 15) is 21.6 Å². The Morgan fingerprint density at radius 1 is 1.11 bits per heavy atom. The fourth-order valence-corrected chi connectivity index (χ4v) is 5.93. The second-order valence-corrected chi connectivity index (χ2v) is 10.2. The fourth-order valence-electron chi connectivity index (χ4n) is 3.02. The van der Waals surface area contributed by atoms with Gasteiger partial charge in [-0.2, -0.15) is 4.31 Å². The Morgan fingerprint density at radius 3 is 2.29 bits per heavy atom. The molecule has 0 atom stereocenters. The van der Waals surface area contributed by atoms with E-state index in [0.717, 1.165) is 9.87 Å². The molecule has 0 spiro atoms. The van der Waals surface area contributed by atoms with Crippen LogP contribution in [0.25, 0.3) is 0 Å². The van der Waals surface area contributed by atoms with Crippen LogP contribution in [0.1, 0.15) is 18.9 Å². The molecule has 1 aliphatic heterocycles. The van der Waals surface area contributed by atoms with Gasteiger partial charge in [-0.1, -0.05) is 6.92 Å². The SMILES string of the molecule is CCN(CCc1ccncc1)S(=O)(=O)c1ccc(N2C(=O)CCS2(=O)=O)cc1. The zero-order valence-corrected chi connectivity index (χ0v) is 17.0. The van der Waals surface area contributed by atoms with Crippen LogP contribution >= 0.6 is 0 Å². The molecule has 10 heteroatoms. The van der Waals surface area contributed by atoms with Crippen LogP contribution in [0.2, 0.25) is 0 Å². The molecule has 0 unspecified atom stereocenters. The summed E-state index contributed by atoms with van der Waals surface area (Å²) < 4.78 is 52.0. The summed E-state index contributed by atoms with van der Waals surface area (Å²) in [5, 5.41) is 0. The number of benzene rings is 1. The number of hydrogen-bond donors (Lipinski definition) is 0. The van der Waals surface area contributed by atoms with E-state index in [2.05, 4.69) is 4.98 Å². The van der Waals surface area contributed by atoms with Crippen LogP contribution in [0.5, 0.6) is 0 Å². The molecule has 2 heterocycles. The van der Waals surface area contributed by atoms with Crippen molar-refractivity contribution in [1.82, 2.24) is 9.29 Å². The van der Waals surface area contributed by atoms with Crippen molar-refractivity contribution in [2.45, 2.75) is 24.7 Å². The first kappa shape index (κ1) is 20.4.